The van der Waals surface area contributed by atoms with Gasteiger partial charge in [-0.3, -0.25) is 4.79 Å². The summed E-state index contributed by atoms with van der Waals surface area (Å²) in [7, 11) is 0. The highest BCUT2D eigenvalue weighted by Gasteiger charge is 2.32. The van der Waals surface area contributed by atoms with Crippen LogP contribution in [0.25, 0.3) is 11.0 Å². The fourth-order valence-electron chi connectivity index (χ4n) is 2.31. The number of nitrogens with zero attached hydrogens (tertiary/aromatic N) is 1. The second kappa shape index (κ2) is 4.30. The molecule has 1 aromatic heterocycles. The molecule has 2 atom stereocenters. The second-order valence-corrected chi connectivity index (χ2v) is 4.41. The number of H-pyrrole nitrogens is 1. The second-order valence-electron chi connectivity index (χ2n) is 4.41. The Balaban J connectivity index is 1.81. The first-order chi connectivity index (χ1) is 8.74. The molecule has 2 heterocycles. The van der Waals surface area contributed by atoms with E-state index in [0.29, 0.717) is 12.5 Å². The Morgan fingerprint density at radius 1 is 1.44 bits per heavy atom. The van der Waals surface area contributed by atoms with Gasteiger partial charge in [0.15, 0.2) is 0 Å². The summed E-state index contributed by atoms with van der Waals surface area (Å²) in [6.45, 7) is 0.703. The molecule has 0 aliphatic carbocycles. The maximum atomic E-state index is 11.0. The molecular formula is C12H14N4O2. The number of carboxylic acid groups (broad SMARTS) is 1. The summed E-state index contributed by atoms with van der Waals surface area (Å²) in [4.78, 5) is 18.6. The largest absolute Gasteiger partial charge is 0.480 e. The van der Waals surface area contributed by atoms with Gasteiger partial charge in [0.2, 0.25) is 5.95 Å². The minimum Gasteiger partial charge on any atom is -0.480 e. The number of aromatic nitrogens is 2. The molecule has 94 valence electrons. The zero-order chi connectivity index (χ0) is 12.5. The smallest absolute Gasteiger partial charge is 0.322 e. The number of benzene rings is 1. The van der Waals surface area contributed by atoms with Crippen LogP contribution in [0, 0.1) is 0 Å². The van der Waals surface area contributed by atoms with Crippen LogP contribution in [0.1, 0.15) is 6.42 Å². The third-order valence-corrected chi connectivity index (χ3v) is 3.20. The van der Waals surface area contributed by atoms with Crippen molar-refractivity contribution in [3.05, 3.63) is 24.3 Å². The summed E-state index contributed by atoms with van der Waals surface area (Å²) in [5.41, 5.74) is 1.82. The van der Waals surface area contributed by atoms with Crippen LogP contribution in [-0.4, -0.2) is 39.7 Å². The lowest BCUT2D eigenvalue weighted by molar-refractivity contribution is -0.139. The summed E-state index contributed by atoms with van der Waals surface area (Å²) in [5.74, 6) is -0.211. The summed E-state index contributed by atoms with van der Waals surface area (Å²) in [6.07, 6.45) is 0.772. The van der Waals surface area contributed by atoms with Gasteiger partial charge in [0, 0.05) is 0 Å². The fraction of sp³-hybridized carbons (Fsp3) is 0.333. The topological polar surface area (TPSA) is 90.0 Å². The minimum atomic E-state index is -0.832. The molecule has 1 fully saturated rings. The van der Waals surface area contributed by atoms with Gasteiger partial charge in [0.05, 0.1) is 17.1 Å². The predicted molar refractivity (Wildman–Crippen MR) is 67.5 cm³/mol. The van der Waals surface area contributed by atoms with Crippen molar-refractivity contribution in [1.29, 1.82) is 0 Å². The summed E-state index contributed by atoms with van der Waals surface area (Å²) >= 11 is 0. The standard InChI is InChI=1S/C12H14N4O2/c17-11(18)10-9(5-6-13-10)16-12-14-7-3-1-2-4-8(7)15-12/h1-4,9-10,13H,5-6H2,(H,17,18)(H2,14,15,16). The maximum Gasteiger partial charge on any atom is 0.322 e. The number of fused-ring (bicyclic) bond motifs is 1. The first-order valence-corrected chi connectivity index (χ1v) is 5.91. The minimum absolute atomic E-state index is 0.136. The van der Waals surface area contributed by atoms with Gasteiger partial charge in [-0.2, -0.15) is 0 Å². The van der Waals surface area contributed by atoms with E-state index >= 15 is 0 Å². The van der Waals surface area contributed by atoms with Crippen molar-refractivity contribution < 1.29 is 9.90 Å². The van der Waals surface area contributed by atoms with Gasteiger partial charge in [-0.05, 0) is 25.1 Å². The molecule has 1 saturated heterocycles. The number of para-hydroxylation sites is 2. The molecule has 1 aromatic carbocycles. The van der Waals surface area contributed by atoms with E-state index in [2.05, 4.69) is 20.6 Å². The van der Waals surface area contributed by atoms with Crippen molar-refractivity contribution in [1.82, 2.24) is 15.3 Å². The Bertz CT molecular complexity index is 547. The monoisotopic (exact) mass is 246 g/mol. The van der Waals surface area contributed by atoms with E-state index in [1.54, 1.807) is 0 Å². The van der Waals surface area contributed by atoms with Gasteiger partial charge in [-0.1, -0.05) is 12.1 Å². The van der Waals surface area contributed by atoms with Crippen LogP contribution in [-0.2, 0) is 4.79 Å². The van der Waals surface area contributed by atoms with Crippen LogP contribution in [0.5, 0.6) is 0 Å². The van der Waals surface area contributed by atoms with Crippen LogP contribution in [0.3, 0.4) is 0 Å². The quantitative estimate of drug-likeness (QED) is 0.643. The maximum absolute atomic E-state index is 11.0. The lowest BCUT2D eigenvalue weighted by Gasteiger charge is -2.16. The number of anilines is 1. The van der Waals surface area contributed by atoms with E-state index < -0.39 is 12.0 Å². The number of carbonyl (C=O) groups is 1. The molecule has 2 aromatic rings. The summed E-state index contributed by atoms with van der Waals surface area (Å²) in [6, 6.07) is 7.01. The highest BCUT2D eigenvalue weighted by Crippen LogP contribution is 2.17. The Morgan fingerprint density at radius 2 is 2.28 bits per heavy atom. The van der Waals surface area contributed by atoms with Crippen LogP contribution < -0.4 is 10.6 Å². The highest BCUT2D eigenvalue weighted by molar-refractivity contribution is 5.78. The highest BCUT2D eigenvalue weighted by atomic mass is 16.4. The lowest BCUT2D eigenvalue weighted by atomic mass is 10.1. The SMILES string of the molecule is O=C(O)C1NCCC1Nc1nc2ccccc2[nH]1. The molecule has 0 radical (unpaired) electrons. The Hall–Kier alpha value is -2.08. The average Bonchev–Trinajstić information content (AvgIpc) is 2.94. The zero-order valence-corrected chi connectivity index (χ0v) is 9.68. The van der Waals surface area contributed by atoms with Gasteiger partial charge in [-0.15, -0.1) is 0 Å². The predicted octanol–water partition coefficient (Wildman–Crippen LogP) is 0.790. The van der Waals surface area contributed by atoms with Gasteiger partial charge in [0.1, 0.15) is 6.04 Å². The number of rotatable bonds is 3. The molecule has 0 saturated carbocycles. The first-order valence-electron chi connectivity index (χ1n) is 5.91. The lowest BCUT2D eigenvalue weighted by Crippen LogP contribution is -2.42. The first kappa shape index (κ1) is 11.0. The molecule has 4 N–H and O–H groups in total. The molecule has 0 spiro atoms. The van der Waals surface area contributed by atoms with E-state index in [4.69, 9.17) is 5.11 Å². The molecule has 3 rings (SSSR count). The number of nitrogens with one attached hydrogen (secondary N) is 3. The van der Waals surface area contributed by atoms with Crippen molar-refractivity contribution in [3.8, 4) is 0 Å². The number of aromatic amines is 1. The average molecular weight is 246 g/mol. The fourth-order valence-corrected chi connectivity index (χ4v) is 2.31. The van der Waals surface area contributed by atoms with E-state index in [1.807, 2.05) is 24.3 Å². The number of carboxylic acids is 1. The van der Waals surface area contributed by atoms with Crippen LogP contribution >= 0.6 is 0 Å². The van der Waals surface area contributed by atoms with Crippen molar-refractivity contribution >= 4 is 23.0 Å². The van der Waals surface area contributed by atoms with Crippen molar-refractivity contribution in [2.75, 3.05) is 11.9 Å². The molecule has 2 unspecified atom stereocenters. The van der Waals surface area contributed by atoms with Crippen molar-refractivity contribution in [3.63, 3.8) is 0 Å². The van der Waals surface area contributed by atoms with Crippen LogP contribution in [0.2, 0.25) is 0 Å². The third-order valence-electron chi connectivity index (χ3n) is 3.20. The Morgan fingerprint density at radius 3 is 3.06 bits per heavy atom. The molecule has 0 amide bonds. The molecular weight excluding hydrogens is 232 g/mol. The van der Waals surface area contributed by atoms with Crippen LogP contribution in [0.4, 0.5) is 5.95 Å². The molecule has 1 aliphatic heterocycles. The van der Waals surface area contributed by atoms with E-state index in [-0.39, 0.29) is 6.04 Å². The third kappa shape index (κ3) is 1.91. The molecule has 6 heteroatoms. The van der Waals surface area contributed by atoms with Crippen molar-refractivity contribution in [2.24, 2.45) is 0 Å². The van der Waals surface area contributed by atoms with Gasteiger partial charge in [0.25, 0.3) is 0 Å². The van der Waals surface area contributed by atoms with E-state index in [9.17, 15) is 4.79 Å². The normalized spacial score (nSPS) is 23.3. The molecule has 6 nitrogen and oxygen atoms in total. The summed E-state index contributed by atoms with van der Waals surface area (Å²) in [5, 5.41) is 15.2. The summed E-state index contributed by atoms with van der Waals surface area (Å²) < 4.78 is 0. The number of imidazole rings is 1. The van der Waals surface area contributed by atoms with Crippen LogP contribution in [0.15, 0.2) is 24.3 Å². The van der Waals surface area contributed by atoms with E-state index in [0.717, 1.165) is 17.5 Å². The van der Waals surface area contributed by atoms with Gasteiger partial charge >= 0.3 is 5.97 Å². The zero-order valence-electron chi connectivity index (χ0n) is 9.68. The van der Waals surface area contributed by atoms with Gasteiger partial charge in [-0.25, -0.2) is 4.98 Å². The van der Waals surface area contributed by atoms with Crippen molar-refractivity contribution in [2.45, 2.75) is 18.5 Å². The van der Waals surface area contributed by atoms with E-state index in [1.165, 1.54) is 0 Å². The molecule has 0 bridgehead atoms. The molecule has 18 heavy (non-hydrogen) atoms. The number of hydrogen-bond acceptors (Lipinski definition) is 4. The number of hydrogen-bond donors (Lipinski definition) is 4. The Labute approximate surface area is 103 Å². The molecule has 1 aliphatic rings. The number of aliphatic carboxylic acids is 1. The van der Waals surface area contributed by atoms with Gasteiger partial charge < -0.3 is 20.7 Å². The Kier molecular flexibility index (Phi) is 2.64.